The quantitative estimate of drug-likeness (QED) is 0.615. The minimum Gasteiger partial charge on any atom is -0.396 e. The molecule has 6 nitrogen and oxygen atoms in total. The third-order valence-electron chi connectivity index (χ3n) is 7.88. The Balaban J connectivity index is 1.36. The summed E-state index contributed by atoms with van der Waals surface area (Å²) in [6.45, 7) is 1.44. The predicted octanol–water partition coefficient (Wildman–Crippen LogP) is 4.65. The number of hydrogen-bond acceptors (Lipinski definition) is 5. The van der Waals surface area contributed by atoms with Crippen molar-refractivity contribution >= 4 is 28.6 Å². The molecule has 3 aliphatic rings. The summed E-state index contributed by atoms with van der Waals surface area (Å²) >= 11 is 0. The molecule has 0 unspecified atom stereocenters. The number of fused-ring (bicyclic) bond motifs is 2. The lowest BCUT2D eigenvalue weighted by atomic mass is 9.93. The van der Waals surface area contributed by atoms with Gasteiger partial charge >= 0.3 is 0 Å². The van der Waals surface area contributed by atoms with Crippen LogP contribution in [0.25, 0.3) is 22.2 Å². The van der Waals surface area contributed by atoms with Gasteiger partial charge < -0.3 is 19.7 Å². The van der Waals surface area contributed by atoms with Crippen LogP contribution in [0.2, 0.25) is 0 Å². The molecule has 1 saturated heterocycles. The molecule has 3 aromatic rings. The number of rotatable bonds is 4. The zero-order valence-corrected chi connectivity index (χ0v) is 19.0. The summed E-state index contributed by atoms with van der Waals surface area (Å²) in [5.41, 5.74) is 7.93. The summed E-state index contributed by atoms with van der Waals surface area (Å²) in [5, 5.41) is 20.0. The highest BCUT2D eigenvalue weighted by molar-refractivity contribution is 5.92. The fourth-order valence-corrected chi connectivity index (χ4v) is 5.90. The first-order valence-corrected chi connectivity index (χ1v) is 12.4. The number of aliphatic hydroxyl groups is 2. The van der Waals surface area contributed by atoms with Crippen molar-refractivity contribution in [2.45, 2.75) is 57.1 Å². The van der Waals surface area contributed by atoms with E-state index in [1.165, 1.54) is 43.2 Å². The fourth-order valence-electron chi connectivity index (χ4n) is 5.90. The molecule has 0 amide bonds. The second-order valence-electron chi connectivity index (χ2n) is 9.91. The van der Waals surface area contributed by atoms with E-state index >= 15 is 0 Å². The highest BCUT2D eigenvalue weighted by atomic mass is 16.3. The zero-order valence-electron chi connectivity index (χ0n) is 19.0. The lowest BCUT2D eigenvalue weighted by Crippen LogP contribution is -2.45. The first kappa shape index (κ1) is 20.9. The van der Waals surface area contributed by atoms with E-state index in [-0.39, 0.29) is 12.5 Å². The molecule has 1 saturated carbocycles. The molecule has 1 aromatic heterocycles. The molecule has 0 radical (unpaired) electrons. The lowest BCUT2D eigenvalue weighted by molar-refractivity contribution is 0.0548. The maximum absolute atomic E-state index is 10.5. The number of benzene rings is 2. The summed E-state index contributed by atoms with van der Waals surface area (Å²) < 4.78 is 2.38. The van der Waals surface area contributed by atoms with Crippen LogP contribution in [-0.2, 0) is 6.42 Å². The summed E-state index contributed by atoms with van der Waals surface area (Å²) in [5.74, 6) is -0.0276. The van der Waals surface area contributed by atoms with Crippen LogP contribution in [-0.4, -0.2) is 51.8 Å². The fraction of sp³-hybridized carbons (Fsp3) is 0.481. The molecule has 3 heterocycles. The van der Waals surface area contributed by atoms with Crippen molar-refractivity contribution in [3.05, 3.63) is 42.2 Å². The number of β-amino-alcohol motifs (C(OH)–C–C–N with tert-alkyl or cyclic N) is 1. The van der Waals surface area contributed by atoms with E-state index < -0.39 is 6.10 Å². The molecule has 2 atom stereocenters. The molecule has 1 aliphatic carbocycles. The lowest BCUT2D eigenvalue weighted by Gasteiger charge is -2.37. The summed E-state index contributed by atoms with van der Waals surface area (Å²) in [6, 6.07) is 11.6. The Morgan fingerprint density at radius 3 is 2.73 bits per heavy atom. The maximum Gasteiger partial charge on any atom is 0.0960 e. The Labute approximate surface area is 194 Å². The standard InChI is InChI=1S/C27H32N4O2/c32-16-20-9-11-30(15-26(20)33)22-12-19-8-10-28-27(19)23(14-22)18-6-7-25-24(13-18)29-17-31(25)21-4-2-1-3-5-21/h6-7,10,12-14,17,20-21,26,32-33H,1-5,8-9,11,15-16H2/t20-,26+/m1/s1. The molecule has 6 heteroatoms. The van der Waals surface area contributed by atoms with Gasteiger partial charge in [0, 0.05) is 55.5 Å². The van der Waals surface area contributed by atoms with Gasteiger partial charge in [0.05, 0.1) is 29.2 Å². The number of aliphatic imine (C=N–C) groups is 1. The van der Waals surface area contributed by atoms with E-state index in [1.807, 2.05) is 12.5 Å². The van der Waals surface area contributed by atoms with Gasteiger partial charge in [0.25, 0.3) is 0 Å². The minimum atomic E-state index is -0.503. The van der Waals surface area contributed by atoms with Crippen molar-refractivity contribution < 1.29 is 10.2 Å². The molecule has 0 spiro atoms. The van der Waals surface area contributed by atoms with Crippen molar-refractivity contribution in [2.75, 3.05) is 24.6 Å². The van der Waals surface area contributed by atoms with Crippen molar-refractivity contribution in [1.82, 2.24) is 9.55 Å². The van der Waals surface area contributed by atoms with Gasteiger partial charge in [-0.15, -0.1) is 0 Å². The molecular weight excluding hydrogens is 412 g/mol. The van der Waals surface area contributed by atoms with Gasteiger partial charge in [0.1, 0.15) is 0 Å². The van der Waals surface area contributed by atoms with Gasteiger partial charge in [-0.05, 0) is 54.7 Å². The van der Waals surface area contributed by atoms with Crippen LogP contribution in [0.3, 0.4) is 0 Å². The number of aliphatic hydroxyl groups excluding tert-OH is 2. The second kappa shape index (κ2) is 8.58. The van der Waals surface area contributed by atoms with E-state index in [0.717, 1.165) is 47.4 Å². The van der Waals surface area contributed by atoms with Crippen LogP contribution in [0.4, 0.5) is 11.4 Å². The van der Waals surface area contributed by atoms with E-state index in [9.17, 15) is 10.2 Å². The Bertz CT molecular complexity index is 1190. The van der Waals surface area contributed by atoms with E-state index in [4.69, 9.17) is 9.98 Å². The first-order chi connectivity index (χ1) is 16.2. The third kappa shape index (κ3) is 3.75. The predicted molar refractivity (Wildman–Crippen MR) is 133 cm³/mol. The molecule has 2 aliphatic heterocycles. The Hall–Kier alpha value is -2.70. The van der Waals surface area contributed by atoms with Crippen LogP contribution in [0, 0.1) is 5.92 Å². The van der Waals surface area contributed by atoms with Crippen LogP contribution < -0.4 is 4.90 Å². The number of imidazole rings is 1. The smallest absolute Gasteiger partial charge is 0.0960 e. The van der Waals surface area contributed by atoms with Gasteiger partial charge in [0.15, 0.2) is 0 Å². The van der Waals surface area contributed by atoms with Gasteiger partial charge in [-0.25, -0.2) is 4.98 Å². The highest BCUT2D eigenvalue weighted by Gasteiger charge is 2.28. The van der Waals surface area contributed by atoms with E-state index in [2.05, 4.69) is 39.8 Å². The minimum absolute atomic E-state index is 0.0276. The molecule has 33 heavy (non-hydrogen) atoms. The van der Waals surface area contributed by atoms with Crippen molar-refractivity contribution in [1.29, 1.82) is 0 Å². The van der Waals surface area contributed by atoms with Crippen molar-refractivity contribution in [3.63, 3.8) is 0 Å². The summed E-state index contributed by atoms with van der Waals surface area (Å²) in [6.07, 6.45) is 11.6. The maximum atomic E-state index is 10.5. The third-order valence-corrected chi connectivity index (χ3v) is 7.88. The zero-order chi connectivity index (χ0) is 22.4. The van der Waals surface area contributed by atoms with Crippen LogP contribution in [0.15, 0.2) is 41.7 Å². The number of hydrogen-bond donors (Lipinski definition) is 2. The van der Waals surface area contributed by atoms with E-state index in [0.29, 0.717) is 12.6 Å². The van der Waals surface area contributed by atoms with Gasteiger partial charge in [-0.2, -0.15) is 0 Å². The van der Waals surface area contributed by atoms with Crippen molar-refractivity contribution in [3.8, 4) is 11.1 Å². The Morgan fingerprint density at radius 2 is 1.91 bits per heavy atom. The molecule has 2 aromatic carbocycles. The SMILES string of the molecule is OC[C@H]1CCN(c2cc3c(c(-c4ccc5c(c4)ncn5C4CCCCC4)c2)N=CC3)C[C@@H]1O. The average molecular weight is 445 g/mol. The molecule has 2 N–H and O–H groups in total. The van der Waals surface area contributed by atoms with Crippen LogP contribution in [0.1, 0.15) is 50.1 Å². The Morgan fingerprint density at radius 1 is 1.03 bits per heavy atom. The normalized spacial score (nSPS) is 23.4. The molecule has 2 fully saturated rings. The molecule has 6 rings (SSSR count). The Kier molecular flexibility index (Phi) is 5.43. The van der Waals surface area contributed by atoms with E-state index in [1.54, 1.807) is 0 Å². The highest BCUT2D eigenvalue weighted by Crippen LogP contribution is 2.41. The average Bonchev–Trinajstić information content (AvgIpc) is 3.50. The number of piperidine rings is 1. The van der Waals surface area contributed by atoms with Crippen LogP contribution >= 0.6 is 0 Å². The number of aromatic nitrogens is 2. The van der Waals surface area contributed by atoms with Crippen molar-refractivity contribution in [2.24, 2.45) is 10.9 Å². The van der Waals surface area contributed by atoms with Gasteiger partial charge in [0.2, 0.25) is 0 Å². The second-order valence-corrected chi connectivity index (χ2v) is 9.91. The monoisotopic (exact) mass is 444 g/mol. The number of nitrogens with zero attached hydrogens (tertiary/aromatic N) is 4. The topological polar surface area (TPSA) is 73.9 Å². The first-order valence-electron chi connectivity index (χ1n) is 12.4. The van der Waals surface area contributed by atoms with Crippen LogP contribution in [0.5, 0.6) is 0 Å². The van der Waals surface area contributed by atoms with Gasteiger partial charge in [-0.3, -0.25) is 4.99 Å². The largest absolute Gasteiger partial charge is 0.396 e. The summed E-state index contributed by atoms with van der Waals surface area (Å²) in [4.78, 5) is 11.7. The van der Waals surface area contributed by atoms with Gasteiger partial charge in [-0.1, -0.05) is 25.3 Å². The molecule has 0 bridgehead atoms. The molecule has 172 valence electrons. The summed E-state index contributed by atoms with van der Waals surface area (Å²) in [7, 11) is 0. The number of anilines is 1. The molecular formula is C27H32N4O2.